The van der Waals surface area contributed by atoms with Gasteiger partial charge in [-0.15, -0.1) is 0 Å². The van der Waals surface area contributed by atoms with E-state index in [1.807, 2.05) is 70.3 Å². The molecule has 7 nitrogen and oxygen atoms in total. The van der Waals surface area contributed by atoms with Crippen LogP contribution in [0.4, 0.5) is 5.69 Å². The van der Waals surface area contributed by atoms with E-state index in [-0.39, 0.29) is 11.8 Å². The predicted molar refractivity (Wildman–Crippen MR) is 118 cm³/mol. The molecule has 31 heavy (non-hydrogen) atoms. The molecule has 1 spiro atoms. The first-order valence-corrected chi connectivity index (χ1v) is 10.7. The number of imidazole rings is 1. The molecule has 3 aromatic rings. The van der Waals surface area contributed by atoms with E-state index in [2.05, 4.69) is 15.6 Å². The lowest BCUT2D eigenvalue weighted by Gasteiger charge is -2.45. The molecule has 0 radical (unpaired) electrons. The molecule has 3 heterocycles. The van der Waals surface area contributed by atoms with Crippen molar-refractivity contribution in [1.29, 1.82) is 0 Å². The number of aryl methyl sites for hydroxylation is 1. The fourth-order valence-corrected chi connectivity index (χ4v) is 4.46. The van der Waals surface area contributed by atoms with Crippen molar-refractivity contribution < 1.29 is 9.59 Å². The summed E-state index contributed by atoms with van der Waals surface area (Å²) in [5.74, 6) is 0.951. The van der Waals surface area contributed by atoms with Crippen LogP contribution in [-0.2, 0) is 11.3 Å². The summed E-state index contributed by atoms with van der Waals surface area (Å²) in [5, 5.41) is 6.63. The molecule has 1 fully saturated rings. The zero-order valence-corrected chi connectivity index (χ0v) is 17.3. The van der Waals surface area contributed by atoms with Crippen molar-refractivity contribution in [2.24, 2.45) is 0 Å². The Bertz CT molecular complexity index is 1100. The second-order valence-electron chi connectivity index (χ2n) is 8.15. The van der Waals surface area contributed by atoms with Crippen LogP contribution in [0.25, 0.3) is 11.4 Å². The van der Waals surface area contributed by atoms with Gasteiger partial charge in [0, 0.05) is 62.5 Å². The van der Waals surface area contributed by atoms with E-state index in [1.165, 1.54) is 0 Å². The van der Waals surface area contributed by atoms with Crippen LogP contribution in [0.5, 0.6) is 0 Å². The molecule has 0 aliphatic carbocycles. The first-order valence-electron chi connectivity index (χ1n) is 10.7. The normalized spacial score (nSPS) is 17.0. The number of hydrogen-bond donors (Lipinski definition) is 2. The summed E-state index contributed by atoms with van der Waals surface area (Å²) in [6, 6.07) is 17.5. The Hall–Kier alpha value is -3.61. The largest absolute Gasteiger partial charge is 0.362 e. The zero-order valence-electron chi connectivity index (χ0n) is 17.3. The number of nitrogens with zero attached hydrogens (tertiary/aromatic N) is 3. The highest BCUT2D eigenvalue weighted by Crippen LogP contribution is 2.31. The van der Waals surface area contributed by atoms with Gasteiger partial charge in [0.1, 0.15) is 11.5 Å². The Balaban J connectivity index is 1.19. The third-order valence-electron chi connectivity index (χ3n) is 6.18. The van der Waals surface area contributed by atoms with Crippen LogP contribution in [0, 0.1) is 0 Å². The summed E-state index contributed by atoms with van der Waals surface area (Å²) in [4.78, 5) is 31.7. The van der Waals surface area contributed by atoms with Gasteiger partial charge in [-0.2, -0.15) is 0 Å². The summed E-state index contributed by atoms with van der Waals surface area (Å²) in [5.41, 5.74) is 2.09. The van der Waals surface area contributed by atoms with E-state index in [1.54, 1.807) is 6.20 Å². The van der Waals surface area contributed by atoms with Gasteiger partial charge in [-0.25, -0.2) is 4.98 Å². The number of anilines is 1. The molecule has 2 aliphatic heterocycles. The fraction of sp³-hybridized carbons (Fsp3) is 0.292. The Labute approximate surface area is 181 Å². The number of carbonyl (C=O) groups is 2. The van der Waals surface area contributed by atoms with Gasteiger partial charge in [0.25, 0.3) is 5.91 Å². The van der Waals surface area contributed by atoms with Crippen LogP contribution >= 0.6 is 0 Å². The lowest BCUT2D eigenvalue weighted by atomic mass is 9.92. The topological polar surface area (TPSA) is 79.3 Å². The minimum atomic E-state index is -0.479. The smallest absolute Gasteiger partial charge is 0.255 e. The lowest BCUT2D eigenvalue weighted by Crippen LogP contribution is -2.62. The van der Waals surface area contributed by atoms with Crippen LogP contribution in [0.15, 0.2) is 67.0 Å². The highest BCUT2D eigenvalue weighted by Gasteiger charge is 2.40. The third kappa shape index (κ3) is 3.79. The molecule has 2 aliphatic rings. The average molecular weight is 415 g/mol. The summed E-state index contributed by atoms with van der Waals surface area (Å²) in [6.07, 6.45) is 5.47. The van der Waals surface area contributed by atoms with Gasteiger partial charge in [0.05, 0.1) is 5.56 Å². The summed E-state index contributed by atoms with van der Waals surface area (Å²) < 4.78 is 2.03. The van der Waals surface area contributed by atoms with E-state index < -0.39 is 5.66 Å². The maximum atomic E-state index is 12.9. The molecule has 0 atom stereocenters. The van der Waals surface area contributed by atoms with Crippen molar-refractivity contribution in [3.8, 4) is 11.4 Å². The van der Waals surface area contributed by atoms with Crippen molar-refractivity contribution in [2.75, 3.05) is 18.4 Å². The van der Waals surface area contributed by atoms with Crippen LogP contribution in [0.3, 0.4) is 0 Å². The van der Waals surface area contributed by atoms with Gasteiger partial charge in [-0.05, 0) is 12.1 Å². The Morgan fingerprint density at radius 3 is 2.55 bits per heavy atom. The highest BCUT2D eigenvalue weighted by atomic mass is 16.2. The quantitative estimate of drug-likeness (QED) is 0.686. The van der Waals surface area contributed by atoms with Crippen molar-refractivity contribution in [3.05, 3.63) is 72.6 Å². The average Bonchev–Trinajstić information content (AvgIpc) is 3.27. The molecule has 0 unspecified atom stereocenters. The number of hydrogen-bond acceptors (Lipinski definition) is 4. The molecule has 158 valence electrons. The van der Waals surface area contributed by atoms with Gasteiger partial charge in [0.2, 0.25) is 5.91 Å². The Kier molecular flexibility index (Phi) is 4.94. The van der Waals surface area contributed by atoms with Crippen LogP contribution < -0.4 is 10.6 Å². The van der Waals surface area contributed by atoms with E-state index >= 15 is 0 Å². The Morgan fingerprint density at radius 2 is 1.74 bits per heavy atom. The number of piperidine rings is 1. The number of carbonyl (C=O) groups excluding carboxylic acids is 2. The van der Waals surface area contributed by atoms with E-state index in [4.69, 9.17) is 0 Å². The molecular weight excluding hydrogens is 390 g/mol. The van der Waals surface area contributed by atoms with Crippen molar-refractivity contribution in [3.63, 3.8) is 0 Å². The van der Waals surface area contributed by atoms with E-state index in [0.29, 0.717) is 44.5 Å². The monoisotopic (exact) mass is 415 g/mol. The molecule has 2 amide bonds. The molecule has 0 saturated carbocycles. The first-order chi connectivity index (χ1) is 15.1. The predicted octanol–water partition coefficient (Wildman–Crippen LogP) is 3.11. The zero-order chi connectivity index (χ0) is 21.3. The number of aromatic nitrogens is 2. The number of para-hydroxylation sites is 1. The third-order valence-corrected chi connectivity index (χ3v) is 6.18. The SMILES string of the molecule is O=C1NC2(CCN(C(=O)CCn3ccnc3-c3ccccc3)CC2)Nc2ccccc21. The second-order valence-corrected chi connectivity index (χ2v) is 8.15. The van der Waals surface area contributed by atoms with Crippen LogP contribution in [0.1, 0.15) is 29.6 Å². The van der Waals surface area contributed by atoms with Crippen LogP contribution in [-0.4, -0.2) is 45.0 Å². The highest BCUT2D eigenvalue weighted by molar-refractivity contribution is 6.02. The number of amides is 2. The summed E-state index contributed by atoms with van der Waals surface area (Å²) >= 11 is 0. The molecular formula is C24H25N5O2. The van der Waals surface area contributed by atoms with Gasteiger partial charge in [-0.1, -0.05) is 42.5 Å². The molecule has 5 rings (SSSR count). The van der Waals surface area contributed by atoms with Crippen molar-refractivity contribution in [1.82, 2.24) is 19.8 Å². The molecule has 7 heteroatoms. The number of fused-ring (bicyclic) bond motifs is 1. The van der Waals surface area contributed by atoms with Gasteiger partial charge < -0.3 is 20.1 Å². The van der Waals surface area contributed by atoms with Gasteiger partial charge in [-0.3, -0.25) is 9.59 Å². The minimum Gasteiger partial charge on any atom is -0.362 e. The molecule has 2 aromatic carbocycles. The summed E-state index contributed by atoms with van der Waals surface area (Å²) in [6.45, 7) is 1.82. The minimum absolute atomic E-state index is 0.0531. The first kappa shape index (κ1) is 19.4. The number of rotatable bonds is 4. The van der Waals surface area contributed by atoms with Crippen molar-refractivity contribution in [2.45, 2.75) is 31.5 Å². The van der Waals surface area contributed by atoms with Gasteiger partial charge in [0.15, 0.2) is 0 Å². The lowest BCUT2D eigenvalue weighted by molar-refractivity contribution is -0.132. The van der Waals surface area contributed by atoms with Crippen molar-refractivity contribution >= 4 is 17.5 Å². The maximum absolute atomic E-state index is 12.9. The number of likely N-dealkylation sites (tertiary alicyclic amines) is 1. The molecule has 1 aromatic heterocycles. The molecule has 1 saturated heterocycles. The number of nitrogens with one attached hydrogen (secondary N) is 2. The van der Waals surface area contributed by atoms with E-state index in [9.17, 15) is 9.59 Å². The standard InChI is InChI=1S/C24H25N5O2/c30-21(10-14-29-17-13-25-22(29)18-6-2-1-3-7-18)28-15-11-24(12-16-28)26-20-9-5-4-8-19(20)23(31)27-24/h1-9,13,17,26H,10-12,14-16H2,(H,27,31). The van der Waals surface area contributed by atoms with Gasteiger partial charge >= 0.3 is 0 Å². The van der Waals surface area contributed by atoms with Crippen LogP contribution in [0.2, 0.25) is 0 Å². The Morgan fingerprint density at radius 1 is 1.00 bits per heavy atom. The van der Waals surface area contributed by atoms with E-state index in [0.717, 1.165) is 17.1 Å². The fourth-order valence-electron chi connectivity index (χ4n) is 4.46. The molecule has 0 bridgehead atoms. The number of benzene rings is 2. The summed E-state index contributed by atoms with van der Waals surface area (Å²) in [7, 11) is 0. The maximum Gasteiger partial charge on any atom is 0.255 e. The molecule has 2 N–H and O–H groups in total. The second kappa shape index (κ2) is 7.91.